The van der Waals surface area contributed by atoms with E-state index >= 15 is 0 Å². The molecule has 0 spiro atoms. The Morgan fingerprint density at radius 2 is 2.17 bits per heavy atom. The molecule has 1 heterocycles. The van der Waals surface area contributed by atoms with Gasteiger partial charge in [-0.3, -0.25) is 0 Å². The van der Waals surface area contributed by atoms with Gasteiger partial charge in [-0.15, -0.1) is 0 Å². The second-order valence-electron chi connectivity index (χ2n) is 3.23. The molecule has 1 aliphatic heterocycles. The van der Waals surface area contributed by atoms with Crippen molar-refractivity contribution in [2.75, 3.05) is 26.4 Å². The Balaban J connectivity index is 2.42. The van der Waals surface area contributed by atoms with Crippen LogP contribution in [0, 0.1) is 5.41 Å². The van der Waals surface area contributed by atoms with Crippen LogP contribution in [0.1, 0.15) is 19.8 Å². The van der Waals surface area contributed by atoms with Crippen molar-refractivity contribution in [2.45, 2.75) is 19.8 Å². The molecule has 0 unspecified atom stereocenters. The Morgan fingerprint density at radius 3 is 2.67 bits per heavy atom. The number of aldehydes is 1. The maximum Gasteiger partial charge on any atom is 0.128 e. The molecule has 3 heteroatoms. The molecular weight excluding hydrogens is 156 g/mol. The molecule has 0 bridgehead atoms. The van der Waals surface area contributed by atoms with E-state index in [0.717, 1.165) is 19.1 Å². The van der Waals surface area contributed by atoms with E-state index in [0.29, 0.717) is 26.4 Å². The van der Waals surface area contributed by atoms with E-state index in [9.17, 15) is 4.79 Å². The molecule has 0 amide bonds. The predicted octanol–water partition coefficient (Wildman–Crippen LogP) is 1.02. The lowest BCUT2D eigenvalue weighted by atomic mass is 9.83. The highest BCUT2D eigenvalue weighted by Crippen LogP contribution is 2.28. The fraction of sp³-hybridized carbons (Fsp3) is 0.889. The molecule has 0 aromatic heterocycles. The molecule has 1 aliphatic rings. The van der Waals surface area contributed by atoms with E-state index in [-0.39, 0.29) is 5.41 Å². The van der Waals surface area contributed by atoms with Crippen LogP contribution in [0.15, 0.2) is 0 Å². The highest BCUT2D eigenvalue weighted by molar-refractivity contribution is 5.59. The van der Waals surface area contributed by atoms with Crippen molar-refractivity contribution >= 4 is 6.29 Å². The van der Waals surface area contributed by atoms with Gasteiger partial charge in [-0.25, -0.2) is 0 Å². The predicted molar refractivity (Wildman–Crippen MR) is 45.0 cm³/mol. The van der Waals surface area contributed by atoms with Crippen molar-refractivity contribution in [1.29, 1.82) is 0 Å². The molecule has 1 saturated heterocycles. The Kier molecular flexibility index (Phi) is 3.69. The zero-order valence-corrected chi connectivity index (χ0v) is 7.54. The van der Waals surface area contributed by atoms with Gasteiger partial charge >= 0.3 is 0 Å². The van der Waals surface area contributed by atoms with Gasteiger partial charge in [0.25, 0.3) is 0 Å². The molecule has 0 saturated carbocycles. The second-order valence-corrected chi connectivity index (χ2v) is 3.23. The standard InChI is InChI=1S/C9H16O3/c1-2-11-8-9(7-10)3-5-12-6-4-9/h7H,2-6,8H2,1H3. The third-order valence-electron chi connectivity index (χ3n) is 2.33. The number of hydrogen-bond acceptors (Lipinski definition) is 3. The maximum atomic E-state index is 10.9. The Bertz CT molecular complexity index is 139. The van der Waals surface area contributed by atoms with Gasteiger partial charge in [-0.2, -0.15) is 0 Å². The normalized spacial score (nSPS) is 22.1. The van der Waals surface area contributed by atoms with E-state index in [1.54, 1.807) is 0 Å². The summed E-state index contributed by atoms with van der Waals surface area (Å²) in [7, 11) is 0. The molecular formula is C9H16O3. The number of hydrogen-bond donors (Lipinski definition) is 0. The summed E-state index contributed by atoms with van der Waals surface area (Å²) in [6, 6.07) is 0. The monoisotopic (exact) mass is 172 g/mol. The molecule has 3 nitrogen and oxygen atoms in total. The maximum absolute atomic E-state index is 10.9. The summed E-state index contributed by atoms with van der Waals surface area (Å²) in [5.41, 5.74) is -0.256. The molecule has 70 valence electrons. The summed E-state index contributed by atoms with van der Waals surface area (Å²) >= 11 is 0. The largest absolute Gasteiger partial charge is 0.381 e. The summed E-state index contributed by atoms with van der Waals surface area (Å²) in [5, 5.41) is 0. The molecule has 0 aromatic rings. The van der Waals surface area contributed by atoms with Gasteiger partial charge in [0.15, 0.2) is 0 Å². The van der Waals surface area contributed by atoms with Crippen molar-refractivity contribution in [2.24, 2.45) is 5.41 Å². The van der Waals surface area contributed by atoms with Crippen LogP contribution in [0.5, 0.6) is 0 Å². The first-order valence-corrected chi connectivity index (χ1v) is 4.45. The average molecular weight is 172 g/mol. The van der Waals surface area contributed by atoms with Gasteiger partial charge in [-0.05, 0) is 19.8 Å². The Labute approximate surface area is 73.0 Å². The van der Waals surface area contributed by atoms with Crippen molar-refractivity contribution in [3.8, 4) is 0 Å². The summed E-state index contributed by atoms with van der Waals surface area (Å²) in [4.78, 5) is 10.9. The van der Waals surface area contributed by atoms with Crippen LogP contribution in [0.4, 0.5) is 0 Å². The van der Waals surface area contributed by atoms with Gasteiger partial charge < -0.3 is 14.3 Å². The third kappa shape index (κ3) is 2.29. The van der Waals surface area contributed by atoms with Crippen LogP contribution in [0.3, 0.4) is 0 Å². The SMILES string of the molecule is CCOCC1(C=O)CCOCC1. The van der Waals surface area contributed by atoms with Crippen LogP contribution in [-0.2, 0) is 14.3 Å². The first-order chi connectivity index (χ1) is 5.83. The molecule has 0 atom stereocenters. The van der Waals surface area contributed by atoms with Crippen LogP contribution in [0.2, 0.25) is 0 Å². The fourth-order valence-corrected chi connectivity index (χ4v) is 1.38. The average Bonchev–Trinajstić information content (AvgIpc) is 2.16. The van der Waals surface area contributed by atoms with Crippen molar-refractivity contribution in [1.82, 2.24) is 0 Å². The first-order valence-electron chi connectivity index (χ1n) is 4.45. The molecule has 0 radical (unpaired) electrons. The molecule has 12 heavy (non-hydrogen) atoms. The lowest BCUT2D eigenvalue weighted by molar-refractivity contribution is -0.126. The highest BCUT2D eigenvalue weighted by Gasteiger charge is 2.32. The van der Waals surface area contributed by atoms with Gasteiger partial charge in [0.05, 0.1) is 12.0 Å². The van der Waals surface area contributed by atoms with Crippen molar-refractivity contribution in [3.05, 3.63) is 0 Å². The third-order valence-corrected chi connectivity index (χ3v) is 2.33. The number of carbonyl (C=O) groups excluding carboxylic acids is 1. The summed E-state index contributed by atoms with van der Waals surface area (Å²) in [5.74, 6) is 0. The van der Waals surface area contributed by atoms with Crippen molar-refractivity contribution in [3.63, 3.8) is 0 Å². The zero-order valence-electron chi connectivity index (χ0n) is 7.54. The van der Waals surface area contributed by atoms with Gasteiger partial charge in [0.2, 0.25) is 0 Å². The second kappa shape index (κ2) is 4.58. The molecule has 0 N–H and O–H groups in total. The summed E-state index contributed by atoms with van der Waals surface area (Å²) in [6.45, 7) is 4.54. The molecule has 0 aliphatic carbocycles. The van der Waals surface area contributed by atoms with Crippen LogP contribution < -0.4 is 0 Å². The van der Waals surface area contributed by atoms with Gasteiger partial charge in [-0.1, -0.05) is 0 Å². The summed E-state index contributed by atoms with van der Waals surface area (Å²) in [6.07, 6.45) is 2.64. The minimum Gasteiger partial charge on any atom is -0.381 e. The highest BCUT2D eigenvalue weighted by atomic mass is 16.5. The lowest BCUT2D eigenvalue weighted by Crippen LogP contribution is -2.35. The topological polar surface area (TPSA) is 35.5 Å². The van der Waals surface area contributed by atoms with Gasteiger partial charge in [0, 0.05) is 19.8 Å². The van der Waals surface area contributed by atoms with Crippen LogP contribution in [-0.4, -0.2) is 32.7 Å². The van der Waals surface area contributed by atoms with E-state index in [1.807, 2.05) is 6.92 Å². The minimum atomic E-state index is -0.256. The fourth-order valence-electron chi connectivity index (χ4n) is 1.38. The lowest BCUT2D eigenvalue weighted by Gasteiger charge is -2.31. The minimum absolute atomic E-state index is 0.256. The first kappa shape index (κ1) is 9.68. The number of rotatable bonds is 4. The number of carbonyl (C=O) groups is 1. The molecule has 0 aromatic carbocycles. The van der Waals surface area contributed by atoms with E-state index in [4.69, 9.17) is 9.47 Å². The molecule has 1 rings (SSSR count). The van der Waals surface area contributed by atoms with Crippen molar-refractivity contribution < 1.29 is 14.3 Å². The van der Waals surface area contributed by atoms with E-state index < -0.39 is 0 Å². The molecule has 1 fully saturated rings. The van der Waals surface area contributed by atoms with Crippen LogP contribution >= 0.6 is 0 Å². The van der Waals surface area contributed by atoms with E-state index in [2.05, 4.69) is 0 Å². The zero-order chi connectivity index (χ0) is 8.86. The summed E-state index contributed by atoms with van der Waals surface area (Å²) < 4.78 is 10.5. The Hall–Kier alpha value is -0.410. The Morgan fingerprint density at radius 1 is 1.50 bits per heavy atom. The van der Waals surface area contributed by atoms with Gasteiger partial charge in [0.1, 0.15) is 6.29 Å². The number of ether oxygens (including phenoxy) is 2. The van der Waals surface area contributed by atoms with E-state index in [1.165, 1.54) is 0 Å². The quantitative estimate of drug-likeness (QED) is 0.594. The smallest absolute Gasteiger partial charge is 0.128 e. The van der Waals surface area contributed by atoms with Crippen LogP contribution in [0.25, 0.3) is 0 Å².